The molecule has 0 aromatic heterocycles. The molecule has 1 nitrogen and oxygen atoms in total. The minimum atomic E-state index is -2.11. The van der Waals surface area contributed by atoms with Gasteiger partial charge in [0.15, 0.2) is 0 Å². The van der Waals surface area contributed by atoms with Gasteiger partial charge in [-0.15, -0.1) is 0 Å². The van der Waals surface area contributed by atoms with Crippen LogP contribution in [0.3, 0.4) is 0 Å². The quantitative estimate of drug-likeness (QED) is 0.616. The SMILES string of the molecule is CC(O)C(F)C=C(F)F. The van der Waals surface area contributed by atoms with Gasteiger partial charge in [-0.3, -0.25) is 0 Å². The Labute approximate surface area is 50.8 Å². The van der Waals surface area contributed by atoms with Crippen LogP contribution < -0.4 is 0 Å². The van der Waals surface area contributed by atoms with Crippen molar-refractivity contribution in [1.82, 2.24) is 0 Å². The number of hydrogen-bond donors (Lipinski definition) is 1. The highest BCUT2D eigenvalue weighted by molar-refractivity contribution is 4.90. The van der Waals surface area contributed by atoms with Crippen LogP contribution in [0.1, 0.15) is 6.92 Å². The van der Waals surface area contributed by atoms with Crippen LogP contribution in [-0.2, 0) is 0 Å². The highest BCUT2D eigenvalue weighted by Gasteiger charge is 2.10. The van der Waals surface area contributed by atoms with Crippen molar-refractivity contribution in [3.8, 4) is 0 Å². The van der Waals surface area contributed by atoms with Gasteiger partial charge in [-0.05, 0) is 6.92 Å². The Morgan fingerprint density at radius 2 is 2.00 bits per heavy atom. The summed E-state index contributed by atoms with van der Waals surface area (Å²) in [7, 11) is 0. The van der Waals surface area contributed by atoms with E-state index in [4.69, 9.17) is 5.11 Å². The summed E-state index contributed by atoms with van der Waals surface area (Å²) in [6.45, 7) is 1.10. The van der Waals surface area contributed by atoms with E-state index in [1.165, 1.54) is 0 Å². The molecule has 0 saturated heterocycles. The monoisotopic (exact) mass is 140 g/mol. The van der Waals surface area contributed by atoms with Gasteiger partial charge >= 0.3 is 0 Å². The molecule has 0 saturated carbocycles. The number of aliphatic hydroxyl groups is 1. The minimum absolute atomic E-state index is 0.0741. The third kappa shape index (κ3) is 4.02. The third-order valence-electron chi connectivity index (χ3n) is 0.746. The normalized spacial score (nSPS) is 16.6. The predicted molar refractivity (Wildman–Crippen MR) is 26.9 cm³/mol. The second kappa shape index (κ2) is 3.50. The van der Waals surface area contributed by atoms with Crippen LogP contribution in [0.4, 0.5) is 13.2 Å². The first-order chi connectivity index (χ1) is 4.04. The van der Waals surface area contributed by atoms with Crippen molar-refractivity contribution in [2.24, 2.45) is 0 Å². The van der Waals surface area contributed by atoms with Crippen molar-refractivity contribution in [1.29, 1.82) is 0 Å². The fourth-order valence-corrected chi connectivity index (χ4v) is 0.260. The van der Waals surface area contributed by atoms with Gasteiger partial charge in [0.05, 0.1) is 6.10 Å². The van der Waals surface area contributed by atoms with Gasteiger partial charge in [0.2, 0.25) is 0 Å². The minimum Gasteiger partial charge on any atom is -0.390 e. The van der Waals surface area contributed by atoms with Gasteiger partial charge in [-0.25, -0.2) is 4.39 Å². The Kier molecular flexibility index (Phi) is 3.30. The fourth-order valence-electron chi connectivity index (χ4n) is 0.260. The second-order valence-corrected chi connectivity index (χ2v) is 1.64. The first-order valence-electron chi connectivity index (χ1n) is 2.39. The molecule has 0 amide bonds. The Bertz CT molecular complexity index is 107. The number of alkyl halides is 1. The zero-order valence-electron chi connectivity index (χ0n) is 4.81. The predicted octanol–water partition coefficient (Wildman–Crippen LogP) is 1.49. The Balaban J connectivity index is 3.76. The summed E-state index contributed by atoms with van der Waals surface area (Å²) in [6, 6.07) is 0. The maximum Gasteiger partial charge on any atom is 0.269 e. The summed E-state index contributed by atoms with van der Waals surface area (Å²) >= 11 is 0. The molecule has 0 bridgehead atoms. The van der Waals surface area contributed by atoms with E-state index in [2.05, 4.69) is 0 Å². The molecular weight excluding hydrogens is 133 g/mol. The number of halogens is 3. The molecular formula is C5H7F3O. The highest BCUT2D eigenvalue weighted by atomic mass is 19.3. The van der Waals surface area contributed by atoms with E-state index in [0.29, 0.717) is 0 Å². The first kappa shape index (κ1) is 8.49. The lowest BCUT2D eigenvalue weighted by Gasteiger charge is -2.02. The van der Waals surface area contributed by atoms with Gasteiger partial charge in [0.1, 0.15) is 6.17 Å². The molecule has 1 N–H and O–H groups in total. The van der Waals surface area contributed by atoms with E-state index in [1.54, 1.807) is 0 Å². The molecule has 0 heterocycles. The molecule has 0 aliphatic rings. The summed E-state index contributed by atoms with van der Waals surface area (Å²) in [5, 5.41) is 8.32. The van der Waals surface area contributed by atoms with E-state index in [9.17, 15) is 13.2 Å². The molecule has 0 radical (unpaired) electrons. The smallest absolute Gasteiger partial charge is 0.269 e. The van der Waals surface area contributed by atoms with Crippen LogP contribution in [-0.4, -0.2) is 17.4 Å². The number of rotatable bonds is 2. The lowest BCUT2D eigenvalue weighted by molar-refractivity contribution is 0.117. The lowest BCUT2D eigenvalue weighted by Crippen LogP contribution is -2.14. The van der Waals surface area contributed by atoms with Crippen LogP contribution in [0.2, 0.25) is 0 Å². The van der Waals surface area contributed by atoms with Crippen molar-refractivity contribution in [2.75, 3.05) is 0 Å². The first-order valence-corrected chi connectivity index (χ1v) is 2.39. The van der Waals surface area contributed by atoms with E-state index in [-0.39, 0.29) is 6.08 Å². The Morgan fingerprint density at radius 3 is 2.11 bits per heavy atom. The molecule has 0 aromatic rings. The fraction of sp³-hybridized carbons (Fsp3) is 0.600. The van der Waals surface area contributed by atoms with Gasteiger partial charge in [0.25, 0.3) is 6.08 Å². The van der Waals surface area contributed by atoms with Gasteiger partial charge < -0.3 is 5.11 Å². The van der Waals surface area contributed by atoms with Crippen molar-refractivity contribution >= 4 is 0 Å². The van der Waals surface area contributed by atoms with Gasteiger partial charge in [-0.1, -0.05) is 0 Å². The highest BCUT2D eigenvalue weighted by Crippen LogP contribution is 2.05. The molecule has 0 rings (SSSR count). The zero-order chi connectivity index (χ0) is 7.44. The summed E-state index contributed by atoms with van der Waals surface area (Å²) in [5.41, 5.74) is 0. The molecule has 0 aliphatic carbocycles. The number of hydrogen-bond acceptors (Lipinski definition) is 1. The van der Waals surface area contributed by atoms with Crippen LogP contribution >= 0.6 is 0 Å². The largest absolute Gasteiger partial charge is 0.390 e. The molecule has 9 heavy (non-hydrogen) atoms. The topological polar surface area (TPSA) is 20.2 Å². The van der Waals surface area contributed by atoms with Gasteiger partial charge in [0, 0.05) is 6.08 Å². The van der Waals surface area contributed by atoms with E-state index in [0.717, 1.165) is 6.92 Å². The summed E-state index contributed by atoms with van der Waals surface area (Å²) in [5.74, 6) is 0. The van der Waals surface area contributed by atoms with Crippen molar-refractivity contribution in [3.05, 3.63) is 12.2 Å². The van der Waals surface area contributed by atoms with E-state index >= 15 is 0 Å². The lowest BCUT2D eigenvalue weighted by atomic mass is 10.2. The average molecular weight is 140 g/mol. The summed E-state index contributed by atoms with van der Waals surface area (Å²) in [4.78, 5) is 0. The molecule has 2 atom stereocenters. The standard InChI is InChI=1S/C5H7F3O/c1-3(9)4(6)2-5(7)8/h2-4,9H,1H3. The molecule has 2 unspecified atom stereocenters. The molecule has 4 heteroatoms. The molecule has 0 spiro atoms. The molecule has 54 valence electrons. The maximum absolute atomic E-state index is 12.0. The van der Waals surface area contributed by atoms with Crippen LogP contribution in [0.5, 0.6) is 0 Å². The Hall–Kier alpha value is -0.510. The van der Waals surface area contributed by atoms with Gasteiger partial charge in [-0.2, -0.15) is 8.78 Å². The molecule has 0 aromatic carbocycles. The molecule has 0 aliphatic heterocycles. The van der Waals surface area contributed by atoms with Crippen LogP contribution in [0.25, 0.3) is 0 Å². The second-order valence-electron chi connectivity index (χ2n) is 1.64. The molecule has 0 fully saturated rings. The van der Waals surface area contributed by atoms with Crippen LogP contribution in [0.15, 0.2) is 12.2 Å². The average Bonchev–Trinajstić information content (AvgIpc) is 1.63. The zero-order valence-corrected chi connectivity index (χ0v) is 4.81. The van der Waals surface area contributed by atoms with E-state index < -0.39 is 18.4 Å². The maximum atomic E-state index is 12.0. The van der Waals surface area contributed by atoms with E-state index in [1.807, 2.05) is 0 Å². The van der Waals surface area contributed by atoms with Crippen molar-refractivity contribution in [3.63, 3.8) is 0 Å². The number of aliphatic hydroxyl groups excluding tert-OH is 1. The summed E-state index contributed by atoms with van der Waals surface area (Å²) in [6.07, 6.45) is -5.37. The van der Waals surface area contributed by atoms with Crippen LogP contribution in [0, 0.1) is 0 Å². The van der Waals surface area contributed by atoms with Crippen molar-refractivity contribution < 1.29 is 18.3 Å². The van der Waals surface area contributed by atoms with Crippen molar-refractivity contribution in [2.45, 2.75) is 19.2 Å². The third-order valence-corrected chi connectivity index (χ3v) is 0.746. The summed E-state index contributed by atoms with van der Waals surface area (Å²) < 4.78 is 34.3. The Morgan fingerprint density at radius 1 is 1.56 bits per heavy atom.